The first kappa shape index (κ1) is 18.7. The summed E-state index contributed by atoms with van der Waals surface area (Å²) in [5.41, 5.74) is 1.90. The summed E-state index contributed by atoms with van der Waals surface area (Å²) in [4.78, 5) is 20.9. The number of nitrogens with one attached hydrogen (secondary N) is 2. The zero-order chi connectivity index (χ0) is 19.1. The molecule has 1 heterocycles. The summed E-state index contributed by atoms with van der Waals surface area (Å²) in [7, 11) is 1.57. The van der Waals surface area contributed by atoms with E-state index in [2.05, 4.69) is 32.7 Å². The van der Waals surface area contributed by atoms with Crippen molar-refractivity contribution in [2.24, 2.45) is 0 Å². The Bertz CT molecular complexity index is 919. The van der Waals surface area contributed by atoms with Gasteiger partial charge >= 0.3 is 0 Å². The predicted molar refractivity (Wildman–Crippen MR) is 107 cm³/mol. The molecular formula is C20H19ClN4O2. The normalized spacial score (nSPS) is 10.3. The van der Waals surface area contributed by atoms with Crippen molar-refractivity contribution >= 4 is 29.1 Å². The maximum Gasteiger partial charge on any atom is 0.276 e. The largest absolute Gasteiger partial charge is 0.497 e. The number of halogens is 1. The van der Waals surface area contributed by atoms with Crippen LogP contribution in [0.15, 0.2) is 60.8 Å². The molecule has 6 nitrogen and oxygen atoms in total. The van der Waals surface area contributed by atoms with E-state index in [4.69, 9.17) is 16.3 Å². The molecule has 0 saturated carbocycles. The molecule has 0 bridgehead atoms. The fourth-order valence-corrected chi connectivity index (χ4v) is 2.64. The van der Waals surface area contributed by atoms with Crippen LogP contribution in [0.4, 0.5) is 11.6 Å². The maximum absolute atomic E-state index is 12.5. The number of aromatic nitrogens is 2. The summed E-state index contributed by atoms with van der Waals surface area (Å²) >= 11 is 6.11. The molecule has 0 aliphatic rings. The van der Waals surface area contributed by atoms with Crippen molar-refractivity contribution in [2.45, 2.75) is 6.42 Å². The summed E-state index contributed by atoms with van der Waals surface area (Å²) in [6, 6.07) is 17.1. The van der Waals surface area contributed by atoms with Crippen molar-refractivity contribution in [2.75, 3.05) is 24.3 Å². The van der Waals surface area contributed by atoms with E-state index in [0.29, 0.717) is 23.9 Å². The van der Waals surface area contributed by atoms with E-state index in [9.17, 15) is 4.79 Å². The number of hydrogen-bond donors (Lipinski definition) is 2. The van der Waals surface area contributed by atoms with Gasteiger partial charge in [0.15, 0.2) is 5.69 Å². The molecular weight excluding hydrogens is 364 g/mol. The SMILES string of the molecule is COc1cccc(NC(=O)c2nc(NCCc3ccccc3)ncc2Cl)c1. The third kappa shape index (κ3) is 5.18. The molecule has 0 aliphatic heterocycles. The lowest BCUT2D eigenvalue weighted by Crippen LogP contribution is -2.17. The van der Waals surface area contributed by atoms with Crippen LogP contribution in [-0.2, 0) is 6.42 Å². The van der Waals surface area contributed by atoms with Gasteiger partial charge in [-0.05, 0) is 24.1 Å². The van der Waals surface area contributed by atoms with Crippen molar-refractivity contribution < 1.29 is 9.53 Å². The Morgan fingerprint density at radius 2 is 1.96 bits per heavy atom. The number of carbonyl (C=O) groups is 1. The number of methoxy groups -OCH3 is 1. The summed E-state index contributed by atoms with van der Waals surface area (Å²) in [5, 5.41) is 6.06. The van der Waals surface area contributed by atoms with Gasteiger partial charge in [-0.1, -0.05) is 48.0 Å². The molecule has 0 unspecified atom stereocenters. The monoisotopic (exact) mass is 382 g/mol. The van der Waals surface area contributed by atoms with E-state index < -0.39 is 5.91 Å². The van der Waals surface area contributed by atoms with E-state index in [1.54, 1.807) is 31.4 Å². The van der Waals surface area contributed by atoms with Crippen LogP contribution in [0.2, 0.25) is 5.02 Å². The molecule has 0 radical (unpaired) electrons. The highest BCUT2D eigenvalue weighted by Crippen LogP contribution is 2.20. The van der Waals surface area contributed by atoms with Gasteiger partial charge in [-0.3, -0.25) is 4.79 Å². The molecule has 2 N–H and O–H groups in total. The van der Waals surface area contributed by atoms with Gasteiger partial charge in [0, 0.05) is 18.3 Å². The van der Waals surface area contributed by atoms with Crippen LogP contribution in [0, 0.1) is 0 Å². The van der Waals surface area contributed by atoms with Gasteiger partial charge in [0.25, 0.3) is 5.91 Å². The summed E-state index contributed by atoms with van der Waals surface area (Å²) in [6.45, 7) is 0.641. The number of rotatable bonds is 7. The fraction of sp³-hybridized carbons (Fsp3) is 0.150. The number of anilines is 2. The number of benzene rings is 2. The van der Waals surface area contributed by atoms with Crippen molar-refractivity contribution in [3.05, 3.63) is 77.1 Å². The van der Waals surface area contributed by atoms with Crippen molar-refractivity contribution in [1.82, 2.24) is 9.97 Å². The smallest absolute Gasteiger partial charge is 0.276 e. The Morgan fingerprint density at radius 1 is 1.15 bits per heavy atom. The summed E-state index contributed by atoms with van der Waals surface area (Å²) in [5.74, 6) is 0.581. The second-order valence-corrected chi connectivity index (χ2v) is 6.15. The topological polar surface area (TPSA) is 76.1 Å². The van der Waals surface area contributed by atoms with E-state index in [0.717, 1.165) is 6.42 Å². The lowest BCUT2D eigenvalue weighted by atomic mass is 10.1. The first-order chi connectivity index (χ1) is 13.2. The van der Waals surface area contributed by atoms with E-state index >= 15 is 0 Å². The van der Waals surface area contributed by atoms with Crippen LogP contribution in [0.1, 0.15) is 16.1 Å². The molecule has 7 heteroatoms. The third-order valence-corrected chi connectivity index (χ3v) is 4.10. The number of amides is 1. The predicted octanol–water partition coefficient (Wildman–Crippen LogP) is 4.05. The summed E-state index contributed by atoms with van der Waals surface area (Å²) in [6.07, 6.45) is 2.23. The fourth-order valence-electron chi connectivity index (χ4n) is 2.47. The second kappa shape index (κ2) is 9.00. The van der Waals surface area contributed by atoms with Gasteiger partial charge < -0.3 is 15.4 Å². The van der Waals surface area contributed by atoms with E-state index in [-0.39, 0.29) is 10.7 Å². The molecule has 0 spiro atoms. The first-order valence-electron chi connectivity index (χ1n) is 8.41. The van der Waals surface area contributed by atoms with Gasteiger partial charge in [0.05, 0.1) is 18.3 Å². The Kier molecular flexibility index (Phi) is 6.22. The van der Waals surface area contributed by atoms with E-state index in [1.807, 2.05) is 18.2 Å². The Balaban J connectivity index is 1.66. The second-order valence-electron chi connectivity index (χ2n) is 5.74. The van der Waals surface area contributed by atoms with Crippen molar-refractivity contribution in [3.8, 4) is 5.75 Å². The average molecular weight is 383 g/mol. The highest BCUT2D eigenvalue weighted by atomic mass is 35.5. The van der Waals surface area contributed by atoms with Crippen molar-refractivity contribution in [3.63, 3.8) is 0 Å². The summed E-state index contributed by atoms with van der Waals surface area (Å²) < 4.78 is 5.15. The highest BCUT2D eigenvalue weighted by molar-refractivity contribution is 6.34. The number of hydrogen-bond acceptors (Lipinski definition) is 5. The zero-order valence-corrected chi connectivity index (χ0v) is 15.5. The highest BCUT2D eigenvalue weighted by Gasteiger charge is 2.15. The lowest BCUT2D eigenvalue weighted by Gasteiger charge is -2.09. The zero-order valence-electron chi connectivity index (χ0n) is 14.8. The standard InChI is InChI=1S/C20H19ClN4O2/c1-27-16-9-5-8-15(12-16)24-19(26)18-17(21)13-23-20(25-18)22-11-10-14-6-3-2-4-7-14/h2-9,12-13H,10-11H2,1H3,(H,24,26)(H,22,23,25). The minimum atomic E-state index is -0.415. The Hall–Kier alpha value is -3.12. The molecule has 3 aromatic rings. The molecule has 1 aromatic heterocycles. The minimum absolute atomic E-state index is 0.108. The molecule has 3 rings (SSSR count). The molecule has 0 atom stereocenters. The lowest BCUT2D eigenvalue weighted by molar-refractivity contribution is 0.102. The number of carbonyl (C=O) groups excluding carboxylic acids is 1. The van der Waals surface area contributed by atoms with E-state index in [1.165, 1.54) is 11.8 Å². The van der Waals surface area contributed by atoms with Crippen LogP contribution in [0.5, 0.6) is 5.75 Å². The molecule has 0 aliphatic carbocycles. The van der Waals surface area contributed by atoms with Crippen LogP contribution in [-0.4, -0.2) is 29.5 Å². The third-order valence-electron chi connectivity index (χ3n) is 3.83. The number of ether oxygens (including phenoxy) is 1. The van der Waals surface area contributed by atoms with Crippen LogP contribution < -0.4 is 15.4 Å². The molecule has 0 saturated heterocycles. The number of nitrogens with zero attached hydrogens (tertiary/aromatic N) is 2. The molecule has 2 aromatic carbocycles. The first-order valence-corrected chi connectivity index (χ1v) is 8.79. The van der Waals surface area contributed by atoms with Crippen LogP contribution in [0.25, 0.3) is 0 Å². The minimum Gasteiger partial charge on any atom is -0.497 e. The van der Waals surface area contributed by atoms with Gasteiger partial charge in [0.2, 0.25) is 5.95 Å². The molecule has 1 amide bonds. The Labute approximate surface area is 162 Å². The van der Waals surface area contributed by atoms with Gasteiger partial charge in [-0.15, -0.1) is 0 Å². The Morgan fingerprint density at radius 3 is 2.74 bits per heavy atom. The van der Waals surface area contributed by atoms with Gasteiger partial charge in [0.1, 0.15) is 5.75 Å². The average Bonchev–Trinajstić information content (AvgIpc) is 2.70. The molecule has 27 heavy (non-hydrogen) atoms. The van der Waals surface area contributed by atoms with Crippen LogP contribution >= 0.6 is 11.6 Å². The quantitative estimate of drug-likeness (QED) is 0.644. The van der Waals surface area contributed by atoms with Gasteiger partial charge in [-0.2, -0.15) is 0 Å². The van der Waals surface area contributed by atoms with Gasteiger partial charge in [-0.25, -0.2) is 9.97 Å². The maximum atomic E-state index is 12.5. The molecule has 138 valence electrons. The van der Waals surface area contributed by atoms with Crippen molar-refractivity contribution in [1.29, 1.82) is 0 Å². The molecule has 0 fully saturated rings. The van der Waals surface area contributed by atoms with Crippen LogP contribution in [0.3, 0.4) is 0 Å².